The van der Waals surface area contributed by atoms with Crippen molar-refractivity contribution in [3.63, 3.8) is 0 Å². The summed E-state index contributed by atoms with van der Waals surface area (Å²) in [7, 11) is 0. The number of hydrogen-bond donors (Lipinski definition) is 4. The molecule has 0 saturated carbocycles. The number of hydrogen-bond acceptors (Lipinski definition) is 3. The number of benzene rings is 1. The molecule has 1 aromatic carbocycles. The number of amides is 3. The number of carbonyl (C=O) groups excluding carboxylic acids is 2. The molecule has 7 nitrogen and oxygen atoms in total. The van der Waals surface area contributed by atoms with Crippen molar-refractivity contribution in [2.75, 3.05) is 6.54 Å². The lowest BCUT2D eigenvalue weighted by molar-refractivity contribution is -0.139. The summed E-state index contributed by atoms with van der Waals surface area (Å²) in [6.45, 7) is -0.336. The van der Waals surface area contributed by atoms with Crippen LogP contribution >= 0.6 is 0 Å². The van der Waals surface area contributed by atoms with E-state index in [1.54, 1.807) is 0 Å². The highest BCUT2D eigenvalue weighted by molar-refractivity contribution is 5.85. The number of primary amides is 1. The second-order valence-corrected chi connectivity index (χ2v) is 4.21. The average Bonchev–Trinajstić information content (AvgIpc) is 2.42. The number of carboxylic acid groups (broad SMARTS) is 1. The topological polar surface area (TPSA) is 122 Å². The van der Waals surface area contributed by atoms with E-state index < -0.39 is 23.9 Å². The van der Waals surface area contributed by atoms with Crippen molar-refractivity contribution in [2.45, 2.75) is 18.9 Å². The highest BCUT2D eigenvalue weighted by atomic mass is 16.4. The van der Waals surface area contributed by atoms with Gasteiger partial charge in [0.25, 0.3) is 0 Å². The Bertz CT molecular complexity index is 476. The lowest BCUT2D eigenvalue weighted by Crippen LogP contribution is -2.48. The number of urea groups is 1. The largest absolute Gasteiger partial charge is 0.480 e. The first kappa shape index (κ1) is 15.5. The molecule has 20 heavy (non-hydrogen) atoms. The van der Waals surface area contributed by atoms with E-state index in [9.17, 15) is 14.4 Å². The van der Waals surface area contributed by atoms with Gasteiger partial charge in [-0.2, -0.15) is 0 Å². The van der Waals surface area contributed by atoms with Gasteiger partial charge in [-0.3, -0.25) is 4.79 Å². The molecule has 1 aromatic rings. The summed E-state index contributed by atoms with van der Waals surface area (Å²) in [5.41, 5.74) is 5.85. The Balaban J connectivity index is 2.46. The summed E-state index contributed by atoms with van der Waals surface area (Å²) in [6.07, 6.45) is 0.775. The molecule has 0 aromatic heterocycles. The first-order valence-corrected chi connectivity index (χ1v) is 6.08. The first-order valence-electron chi connectivity index (χ1n) is 6.08. The predicted octanol–water partition coefficient (Wildman–Crippen LogP) is -0.143. The van der Waals surface area contributed by atoms with Crippen molar-refractivity contribution in [3.05, 3.63) is 35.9 Å². The van der Waals surface area contributed by atoms with Crippen molar-refractivity contribution < 1.29 is 19.5 Å². The van der Waals surface area contributed by atoms with Gasteiger partial charge in [0.15, 0.2) is 0 Å². The molecule has 0 saturated heterocycles. The van der Waals surface area contributed by atoms with Crippen LogP contribution in [-0.2, 0) is 16.0 Å². The van der Waals surface area contributed by atoms with Crippen molar-refractivity contribution in [3.8, 4) is 0 Å². The Labute approximate surface area is 116 Å². The summed E-state index contributed by atoms with van der Waals surface area (Å²) in [4.78, 5) is 32.9. The van der Waals surface area contributed by atoms with E-state index in [0.29, 0.717) is 6.42 Å². The third-order valence-electron chi connectivity index (χ3n) is 2.59. The molecule has 0 unspecified atom stereocenters. The van der Waals surface area contributed by atoms with Gasteiger partial charge in [-0.25, -0.2) is 9.59 Å². The van der Waals surface area contributed by atoms with Gasteiger partial charge in [0.2, 0.25) is 5.91 Å². The molecule has 0 aliphatic rings. The number of aryl methyl sites for hydroxylation is 1. The van der Waals surface area contributed by atoms with E-state index in [1.165, 1.54) is 0 Å². The molecule has 0 aliphatic carbocycles. The Morgan fingerprint density at radius 3 is 2.40 bits per heavy atom. The van der Waals surface area contributed by atoms with E-state index in [1.807, 2.05) is 30.3 Å². The summed E-state index contributed by atoms with van der Waals surface area (Å²) in [5, 5.41) is 13.5. The summed E-state index contributed by atoms with van der Waals surface area (Å²) < 4.78 is 0. The van der Waals surface area contributed by atoms with Gasteiger partial charge >= 0.3 is 12.0 Å². The highest BCUT2D eigenvalue weighted by Crippen LogP contribution is 2.05. The van der Waals surface area contributed by atoms with Gasteiger partial charge < -0.3 is 21.5 Å². The number of carbonyl (C=O) groups is 3. The highest BCUT2D eigenvalue weighted by Gasteiger charge is 2.19. The number of nitrogens with two attached hydrogens (primary N) is 1. The standard InChI is InChI=1S/C13H17N3O4/c14-11(17)8-15-13(20)16-10(12(18)19)7-6-9-4-2-1-3-5-9/h1-5,10H,6-8H2,(H2,14,17)(H,18,19)(H2,15,16,20)/t10-/m0/s1. The number of carboxylic acids is 1. The predicted molar refractivity (Wildman–Crippen MR) is 71.9 cm³/mol. The SMILES string of the molecule is NC(=O)CNC(=O)N[C@@H](CCc1ccccc1)C(=O)O. The molecule has 1 atom stereocenters. The number of aliphatic carboxylic acids is 1. The van der Waals surface area contributed by atoms with Gasteiger partial charge in [-0.1, -0.05) is 30.3 Å². The molecule has 108 valence electrons. The second-order valence-electron chi connectivity index (χ2n) is 4.21. The van der Waals surface area contributed by atoms with Crippen LogP contribution in [0.5, 0.6) is 0 Å². The number of nitrogens with one attached hydrogen (secondary N) is 2. The Hall–Kier alpha value is -2.57. The van der Waals surface area contributed by atoms with Crippen molar-refractivity contribution in [1.82, 2.24) is 10.6 Å². The van der Waals surface area contributed by atoms with Gasteiger partial charge in [-0.05, 0) is 18.4 Å². The van der Waals surface area contributed by atoms with Gasteiger partial charge in [-0.15, -0.1) is 0 Å². The Morgan fingerprint density at radius 1 is 1.20 bits per heavy atom. The molecule has 5 N–H and O–H groups in total. The van der Waals surface area contributed by atoms with Crippen LogP contribution in [0.15, 0.2) is 30.3 Å². The minimum absolute atomic E-state index is 0.253. The van der Waals surface area contributed by atoms with E-state index in [0.717, 1.165) is 5.56 Å². The Morgan fingerprint density at radius 2 is 1.85 bits per heavy atom. The van der Waals surface area contributed by atoms with Crippen LogP contribution in [-0.4, -0.2) is 35.6 Å². The molecular formula is C13H17N3O4. The average molecular weight is 279 g/mol. The zero-order chi connectivity index (χ0) is 15.0. The van der Waals surface area contributed by atoms with Crippen LogP contribution in [0, 0.1) is 0 Å². The quantitative estimate of drug-likeness (QED) is 0.554. The van der Waals surface area contributed by atoms with Crippen molar-refractivity contribution in [2.24, 2.45) is 5.73 Å². The molecule has 1 rings (SSSR count). The molecule has 0 bridgehead atoms. The van der Waals surface area contributed by atoms with Gasteiger partial charge in [0, 0.05) is 0 Å². The molecule has 3 amide bonds. The maximum absolute atomic E-state index is 11.4. The fourth-order valence-electron chi connectivity index (χ4n) is 1.59. The minimum atomic E-state index is -1.13. The zero-order valence-electron chi connectivity index (χ0n) is 10.8. The van der Waals surface area contributed by atoms with E-state index in [4.69, 9.17) is 10.8 Å². The van der Waals surface area contributed by atoms with Gasteiger partial charge in [0.05, 0.1) is 6.54 Å². The zero-order valence-corrected chi connectivity index (χ0v) is 10.8. The maximum atomic E-state index is 11.4. The molecule has 0 radical (unpaired) electrons. The number of rotatable bonds is 7. The van der Waals surface area contributed by atoms with Crippen LogP contribution in [0.1, 0.15) is 12.0 Å². The van der Waals surface area contributed by atoms with Crippen molar-refractivity contribution in [1.29, 1.82) is 0 Å². The fraction of sp³-hybridized carbons (Fsp3) is 0.308. The minimum Gasteiger partial charge on any atom is -0.480 e. The molecule has 0 heterocycles. The van der Waals surface area contributed by atoms with Crippen LogP contribution in [0.4, 0.5) is 4.79 Å². The fourth-order valence-corrected chi connectivity index (χ4v) is 1.59. The van der Waals surface area contributed by atoms with E-state index >= 15 is 0 Å². The van der Waals surface area contributed by atoms with Gasteiger partial charge in [0.1, 0.15) is 6.04 Å². The molecule has 0 spiro atoms. The molecular weight excluding hydrogens is 262 g/mol. The molecule has 0 fully saturated rings. The van der Waals surface area contributed by atoms with Crippen LogP contribution < -0.4 is 16.4 Å². The first-order chi connectivity index (χ1) is 9.49. The van der Waals surface area contributed by atoms with E-state index in [-0.39, 0.29) is 13.0 Å². The summed E-state index contributed by atoms with van der Waals surface area (Å²) in [5.74, 6) is -1.83. The molecule has 0 aliphatic heterocycles. The smallest absolute Gasteiger partial charge is 0.326 e. The lowest BCUT2D eigenvalue weighted by atomic mass is 10.1. The lowest BCUT2D eigenvalue weighted by Gasteiger charge is -2.14. The van der Waals surface area contributed by atoms with Crippen LogP contribution in [0.2, 0.25) is 0 Å². The third kappa shape index (κ3) is 5.85. The van der Waals surface area contributed by atoms with Crippen molar-refractivity contribution >= 4 is 17.9 Å². The summed E-state index contributed by atoms with van der Waals surface area (Å²) >= 11 is 0. The van der Waals surface area contributed by atoms with Crippen LogP contribution in [0.3, 0.4) is 0 Å². The normalized spacial score (nSPS) is 11.4. The van der Waals surface area contributed by atoms with E-state index in [2.05, 4.69) is 10.6 Å². The monoisotopic (exact) mass is 279 g/mol. The summed E-state index contributed by atoms with van der Waals surface area (Å²) in [6, 6.07) is 7.59. The van der Waals surface area contributed by atoms with Crippen LogP contribution in [0.25, 0.3) is 0 Å². The Kier molecular flexibility index (Phi) is 6.02. The second kappa shape index (κ2) is 7.78. The third-order valence-corrected chi connectivity index (χ3v) is 2.59. The molecule has 7 heteroatoms. The maximum Gasteiger partial charge on any atom is 0.326 e.